The zero-order valence-corrected chi connectivity index (χ0v) is 16.3. The number of hydrogen-bond donors (Lipinski definition) is 0. The zero-order chi connectivity index (χ0) is 16.3. The third-order valence-electron chi connectivity index (χ3n) is 4.12. The predicted octanol–water partition coefficient (Wildman–Crippen LogP) is 5.05. The van der Waals surface area contributed by atoms with Crippen LogP contribution in [-0.4, -0.2) is 45.5 Å². The highest BCUT2D eigenvalue weighted by molar-refractivity contribution is 7.89. The lowest BCUT2D eigenvalue weighted by atomic mass is 10.1. The van der Waals surface area contributed by atoms with E-state index in [0.717, 1.165) is 42.5 Å². The van der Waals surface area contributed by atoms with Crippen LogP contribution in [0, 0.1) is 0 Å². The lowest BCUT2D eigenvalue weighted by Gasteiger charge is -2.35. The molecule has 0 spiro atoms. The van der Waals surface area contributed by atoms with Crippen molar-refractivity contribution in [2.45, 2.75) is 79.2 Å². The van der Waals surface area contributed by atoms with Gasteiger partial charge in [-0.05, 0) is 33.1 Å². The van der Waals surface area contributed by atoms with Crippen molar-refractivity contribution < 1.29 is 0 Å². The zero-order valence-electron chi connectivity index (χ0n) is 14.7. The van der Waals surface area contributed by atoms with Gasteiger partial charge in [0.25, 0.3) is 0 Å². The van der Waals surface area contributed by atoms with Crippen LogP contribution in [0.4, 0.5) is 0 Å². The van der Waals surface area contributed by atoms with Gasteiger partial charge in [0.15, 0.2) is 0 Å². The van der Waals surface area contributed by atoms with Crippen LogP contribution in [0.2, 0.25) is 0 Å². The highest BCUT2D eigenvalue weighted by atomic mass is 32.1. The molecule has 0 aliphatic heterocycles. The molecule has 0 amide bonds. The fraction of sp³-hybridized carbons (Fsp3) is 0.882. The highest BCUT2D eigenvalue weighted by Crippen LogP contribution is 2.13. The van der Waals surface area contributed by atoms with Gasteiger partial charge in [0.2, 0.25) is 0 Å². The van der Waals surface area contributed by atoms with Crippen LogP contribution in [0.1, 0.15) is 73.1 Å². The Hall–Kier alpha value is -0.220. The van der Waals surface area contributed by atoms with E-state index >= 15 is 0 Å². The molecule has 0 radical (unpaired) electrons. The highest BCUT2D eigenvalue weighted by Gasteiger charge is 2.22. The van der Waals surface area contributed by atoms with Crippen LogP contribution in [-0.2, 0) is 0 Å². The molecule has 124 valence electrons. The molecule has 0 saturated carbocycles. The minimum absolute atomic E-state index is 0.513. The SMILES string of the molecule is CCCCCCN(CC)C(=S)C(=S)N(CC)C(CC)CC. The van der Waals surface area contributed by atoms with Crippen LogP contribution in [0.25, 0.3) is 0 Å². The lowest BCUT2D eigenvalue weighted by Crippen LogP contribution is -2.47. The van der Waals surface area contributed by atoms with Gasteiger partial charge < -0.3 is 9.80 Å². The molecule has 0 fully saturated rings. The summed E-state index contributed by atoms with van der Waals surface area (Å²) in [5, 5.41) is 0. The molecule has 0 bridgehead atoms. The monoisotopic (exact) mass is 330 g/mol. The first-order chi connectivity index (χ1) is 10.1. The summed E-state index contributed by atoms with van der Waals surface area (Å²) in [5.74, 6) is 0. The van der Waals surface area contributed by atoms with Gasteiger partial charge in [-0.15, -0.1) is 0 Å². The summed E-state index contributed by atoms with van der Waals surface area (Å²) in [6.07, 6.45) is 7.32. The second-order valence-corrected chi connectivity index (χ2v) is 6.28. The maximum Gasteiger partial charge on any atom is 0.137 e. The second-order valence-electron chi connectivity index (χ2n) is 5.51. The average molecular weight is 331 g/mol. The van der Waals surface area contributed by atoms with E-state index in [1.807, 2.05) is 0 Å². The Morgan fingerprint density at radius 3 is 1.86 bits per heavy atom. The molecule has 2 nitrogen and oxygen atoms in total. The number of rotatable bonds is 10. The molecule has 0 aliphatic carbocycles. The summed E-state index contributed by atoms with van der Waals surface area (Å²) < 4.78 is 0. The van der Waals surface area contributed by atoms with Crippen molar-refractivity contribution in [3.05, 3.63) is 0 Å². The summed E-state index contributed by atoms with van der Waals surface area (Å²) in [6, 6.07) is 0.513. The Bertz CT molecular complexity index is 301. The number of unbranched alkanes of at least 4 members (excludes halogenated alkanes) is 3. The molecule has 4 heteroatoms. The maximum atomic E-state index is 5.69. The molecule has 0 aromatic heterocycles. The standard InChI is InChI=1S/C17H34N2S2/c1-6-11-12-13-14-18(9-4)16(20)17(21)19(10-5)15(7-2)8-3/h15H,6-14H2,1-5H3. The van der Waals surface area contributed by atoms with E-state index < -0.39 is 0 Å². The van der Waals surface area contributed by atoms with Crippen molar-refractivity contribution >= 4 is 34.4 Å². The van der Waals surface area contributed by atoms with Crippen molar-refractivity contribution in [2.24, 2.45) is 0 Å². The van der Waals surface area contributed by atoms with Gasteiger partial charge in [-0.1, -0.05) is 64.5 Å². The Morgan fingerprint density at radius 2 is 1.43 bits per heavy atom. The van der Waals surface area contributed by atoms with Gasteiger partial charge in [-0.2, -0.15) is 0 Å². The second kappa shape index (κ2) is 12.3. The number of nitrogens with zero attached hydrogens (tertiary/aromatic N) is 2. The average Bonchev–Trinajstić information content (AvgIpc) is 2.51. The fourth-order valence-corrected chi connectivity index (χ4v) is 3.43. The van der Waals surface area contributed by atoms with Crippen LogP contribution in [0.3, 0.4) is 0 Å². The van der Waals surface area contributed by atoms with Gasteiger partial charge >= 0.3 is 0 Å². The minimum atomic E-state index is 0.513. The lowest BCUT2D eigenvalue weighted by molar-refractivity contribution is 0.312. The van der Waals surface area contributed by atoms with Gasteiger partial charge in [0, 0.05) is 25.7 Å². The molecule has 0 heterocycles. The summed E-state index contributed by atoms with van der Waals surface area (Å²) in [5.41, 5.74) is 0. The first-order valence-electron chi connectivity index (χ1n) is 8.66. The maximum absolute atomic E-state index is 5.69. The van der Waals surface area contributed by atoms with Crippen molar-refractivity contribution in [3.8, 4) is 0 Å². The largest absolute Gasteiger partial charge is 0.361 e. The van der Waals surface area contributed by atoms with Crippen LogP contribution in [0.5, 0.6) is 0 Å². The molecule has 0 aliphatic rings. The van der Waals surface area contributed by atoms with E-state index in [1.54, 1.807) is 0 Å². The predicted molar refractivity (Wildman–Crippen MR) is 103 cm³/mol. The van der Waals surface area contributed by atoms with Crippen LogP contribution in [0.15, 0.2) is 0 Å². The molecular weight excluding hydrogens is 296 g/mol. The molecule has 0 rings (SSSR count). The molecule has 0 saturated heterocycles. The van der Waals surface area contributed by atoms with Crippen LogP contribution >= 0.6 is 24.4 Å². The minimum Gasteiger partial charge on any atom is -0.361 e. The normalized spacial score (nSPS) is 10.8. The summed E-state index contributed by atoms with van der Waals surface area (Å²) >= 11 is 11.4. The van der Waals surface area contributed by atoms with E-state index in [2.05, 4.69) is 44.4 Å². The Balaban J connectivity index is 4.64. The first kappa shape index (κ1) is 20.8. The molecular formula is C17H34N2S2. The van der Waals surface area contributed by atoms with Gasteiger partial charge in [0.1, 0.15) is 9.98 Å². The summed E-state index contributed by atoms with van der Waals surface area (Å²) in [7, 11) is 0. The third-order valence-corrected chi connectivity index (χ3v) is 5.13. The van der Waals surface area contributed by atoms with Crippen molar-refractivity contribution in [1.82, 2.24) is 9.80 Å². The number of likely N-dealkylation sites (N-methyl/N-ethyl adjacent to an activating group) is 2. The van der Waals surface area contributed by atoms with Crippen molar-refractivity contribution in [2.75, 3.05) is 19.6 Å². The Morgan fingerprint density at radius 1 is 0.810 bits per heavy atom. The fourth-order valence-electron chi connectivity index (χ4n) is 2.69. The third kappa shape index (κ3) is 7.05. The number of hydrogen-bond acceptors (Lipinski definition) is 2. The number of thiocarbonyl (C=S) groups is 2. The smallest absolute Gasteiger partial charge is 0.137 e. The van der Waals surface area contributed by atoms with E-state index in [0.29, 0.717) is 6.04 Å². The molecule has 0 aromatic rings. The van der Waals surface area contributed by atoms with Crippen molar-refractivity contribution in [3.63, 3.8) is 0 Å². The van der Waals surface area contributed by atoms with E-state index in [9.17, 15) is 0 Å². The Labute approximate surface area is 143 Å². The first-order valence-corrected chi connectivity index (χ1v) is 9.48. The molecule has 0 unspecified atom stereocenters. The quantitative estimate of drug-likeness (QED) is 0.408. The van der Waals surface area contributed by atoms with E-state index in [4.69, 9.17) is 24.4 Å². The van der Waals surface area contributed by atoms with Gasteiger partial charge in [0.05, 0.1) is 0 Å². The molecule has 21 heavy (non-hydrogen) atoms. The van der Waals surface area contributed by atoms with Gasteiger partial charge in [-0.3, -0.25) is 0 Å². The van der Waals surface area contributed by atoms with E-state index in [-0.39, 0.29) is 0 Å². The molecule has 0 aromatic carbocycles. The topological polar surface area (TPSA) is 6.48 Å². The van der Waals surface area contributed by atoms with Gasteiger partial charge in [-0.25, -0.2) is 0 Å². The van der Waals surface area contributed by atoms with E-state index in [1.165, 1.54) is 25.7 Å². The van der Waals surface area contributed by atoms with Crippen molar-refractivity contribution in [1.29, 1.82) is 0 Å². The van der Waals surface area contributed by atoms with Crippen LogP contribution < -0.4 is 0 Å². The summed E-state index contributed by atoms with van der Waals surface area (Å²) in [6.45, 7) is 14.0. The Kier molecular flexibility index (Phi) is 12.2. The summed E-state index contributed by atoms with van der Waals surface area (Å²) in [4.78, 5) is 6.33. The molecule has 0 atom stereocenters. The molecule has 0 N–H and O–H groups in total.